The molecule has 2 aromatic carbocycles. The first kappa shape index (κ1) is 28.7. The van der Waals surface area contributed by atoms with Gasteiger partial charge in [-0.25, -0.2) is 0 Å². The number of aryl methyl sites for hydroxylation is 4. The van der Waals surface area contributed by atoms with Crippen LogP contribution in [-0.2, 0) is 38.5 Å². The number of imidazole rings is 2. The SMILES string of the molecule is CCn1nc(C)cc1C(=O)N=c1n(C)c2cccc(Br)c2n1C/C=C/Cn1c(=NC=O)n(C)c2cc(C(N)=O)ccc21. The molecule has 0 atom stereocenters. The first-order valence-corrected chi connectivity index (χ1v) is 14.0. The highest BCUT2D eigenvalue weighted by Gasteiger charge is 2.17. The van der Waals surface area contributed by atoms with Crippen LogP contribution < -0.4 is 17.0 Å². The largest absolute Gasteiger partial charge is 0.366 e. The van der Waals surface area contributed by atoms with Crippen molar-refractivity contribution in [3.05, 3.63) is 87.3 Å². The molecular weight excluding hydrogens is 602 g/mol. The van der Waals surface area contributed by atoms with Gasteiger partial charge in [0.05, 0.1) is 27.8 Å². The maximum Gasteiger partial charge on any atom is 0.298 e. The van der Waals surface area contributed by atoms with E-state index in [0.717, 1.165) is 26.7 Å². The molecule has 0 unspecified atom stereocenters. The van der Waals surface area contributed by atoms with E-state index in [0.29, 0.717) is 54.1 Å². The van der Waals surface area contributed by atoms with E-state index in [1.807, 2.05) is 64.9 Å². The molecule has 5 aromatic rings. The number of hydrogen-bond acceptors (Lipinski definition) is 4. The van der Waals surface area contributed by atoms with Crippen LogP contribution in [0.4, 0.5) is 0 Å². The number of nitrogens with two attached hydrogens (primary N) is 1. The molecule has 0 fully saturated rings. The van der Waals surface area contributed by atoms with Crippen LogP contribution in [0.2, 0.25) is 0 Å². The molecule has 0 aliphatic rings. The fraction of sp³-hybridized carbons (Fsp3) is 0.241. The first-order valence-electron chi connectivity index (χ1n) is 13.2. The zero-order chi connectivity index (χ0) is 30.1. The molecule has 216 valence electrons. The lowest BCUT2D eigenvalue weighted by Crippen LogP contribution is -2.26. The molecule has 0 saturated heterocycles. The number of rotatable bonds is 8. The maximum atomic E-state index is 13.3. The standard InChI is InChI=1S/C29H30BrN9O3/c1-5-39-24(15-18(2)34-39)27(42)33-29-35(3)22-10-8-9-20(30)25(22)38(29)14-7-6-13-37-21-12-11-19(26(31)41)16-23(21)36(4)28(37)32-17-40/h6-12,15-17H,5,13-14H2,1-4H3,(H2,31,41)/b7-6+,32-28?,33-29?. The van der Waals surface area contributed by atoms with Gasteiger partial charge in [-0.3, -0.25) is 19.1 Å². The van der Waals surface area contributed by atoms with Gasteiger partial charge in [0.25, 0.3) is 5.91 Å². The molecule has 13 heteroatoms. The number of amides is 3. The van der Waals surface area contributed by atoms with E-state index in [1.54, 1.807) is 40.6 Å². The molecular formula is C29H30BrN9O3. The van der Waals surface area contributed by atoms with E-state index in [4.69, 9.17) is 5.73 Å². The third-order valence-corrected chi connectivity index (χ3v) is 7.76. The van der Waals surface area contributed by atoms with Crippen LogP contribution >= 0.6 is 15.9 Å². The normalized spacial score (nSPS) is 12.8. The highest BCUT2D eigenvalue weighted by molar-refractivity contribution is 9.10. The van der Waals surface area contributed by atoms with Crippen molar-refractivity contribution in [2.75, 3.05) is 0 Å². The van der Waals surface area contributed by atoms with Gasteiger partial charge in [-0.15, -0.1) is 0 Å². The van der Waals surface area contributed by atoms with Crippen LogP contribution in [0.15, 0.2) is 69.1 Å². The second-order valence-corrected chi connectivity index (χ2v) is 10.6. The Morgan fingerprint density at radius 3 is 2.38 bits per heavy atom. The Labute approximate surface area is 248 Å². The smallest absolute Gasteiger partial charge is 0.298 e. The first-order chi connectivity index (χ1) is 20.2. The number of para-hydroxylation sites is 1. The summed E-state index contributed by atoms with van der Waals surface area (Å²) in [5.74, 6) is -0.912. The lowest BCUT2D eigenvalue weighted by Gasteiger charge is -2.04. The van der Waals surface area contributed by atoms with Crippen molar-refractivity contribution in [2.45, 2.75) is 33.5 Å². The fourth-order valence-corrected chi connectivity index (χ4v) is 5.73. The summed E-state index contributed by atoms with van der Waals surface area (Å²) in [6.45, 7) is 5.14. The Balaban J connectivity index is 1.56. The summed E-state index contributed by atoms with van der Waals surface area (Å²) in [6, 6.07) is 12.7. The number of primary amides is 1. The molecule has 3 aromatic heterocycles. The molecule has 0 saturated carbocycles. The third-order valence-electron chi connectivity index (χ3n) is 7.12. The summed E-state index contributed by atoms with van der Waals surface area (Å²) in [4.78, 5) is 44.9. The Hall–Kier alpha value is -4.78. The van der Waals surface area contributed by atoms with Crippen molar-refractivity contribution in [3.8, 4) is 0 Å². The number of aromatic nitrogens is 6. The summed E-state index contributed by atoms with van der Waals surface area (Å²) in [5.41, 5.74) is 11.2. The predicted octanol–water partition coefficient (Wildman–Crippen LogP) is 2.71. The number of carbonyl (C=O) groups excluding carboxylic acids is 3. The van der Waals surface area contributed by atoms with Crippen LogP contribution in [0.25, 0.3) is 22.1 Å². The zero-order valence-electron chi connectivity index (χ0n) is 23.7. The topological polar surface area (TPSA) is 139 Å². The summed E-state index contributed by atoms with van der Waals surface area (Å²) in [6.07, 6.45) is 4.41. The Morgan fingerprint density at radius 2 is 1.69 bits per heavy atom. The van der Waals surface area contributed by atoms with Crippen LogP contribution in [-0.4, -0.2) is 46.3 Å². The predicted molar refractivity (Wildman–Crippen MR) is 161 cm³/mol. The van der Waals surface area contributed by atoms with Gasteiger partial charge in [0.15, 0.2) is 0 Å². The average Bonchev–Trinajstić information content (AvgIpc) is 3.57. The highest BCUT2D eigenvalue weighted by Crippen LogP contribution is 2.23. The quantitative estimate of drug-likeness (QED) is 0.208. The maximum absolute atomic E-state index is 13.3. The lowest BCUT2D eigenvalue weighted by atomic mass is 10.2. The van der Waals surface area contributed by atoms with E-state index in [1.165, 1.54) is 0 Å². The van der Waals surface area contributed by atoms with Gasteiger partial charge >= 0.3 is 0 Å². The average molecular weight is 633 g/mol. The number of allylic oxidation sites excluding steroid dienone is 2. The van der Waals surface area contributed by atoms with Crippen molar-refractivity contribution >= 4 is 56.2 Å². The van der Waals surface area contributed by atoms with Crippen molar-refractivity contribution in [3.63, 3.8) is 0 Å². The van der Waals surface area contributed by atoms with Crippen LogP contribution in [0.1, 0.15) is 33.5 Å². The minimum absolute atomic E-state index is 0.365. The number of carbonyl (C=O) groups is 3. The number of hydrogen-bond donors (Lipinski definition) is 1. The van der Waals surface area contributed by atoms with Crippen LogP contribution in [0, 0.1) is 6.92 Å². The van der Waals surface area contributed by atoms with Crippen molar-refractivity contribution in [2.24, 2.45) is 29.8 Å². The van der Waals surface area contributed by atoms with E-state index in [2.05, 4.69) is 31.0 Å². The molecule has 0 aliphatic heterocycles. The van der Waals surface area contributed by atoms with Gasteiger partial charge in [0.2, 0.25) is 23.6 Å². The molecule has 0 spiro atoms. The van der Waals surface area contributed by atoms with Gasteiger partial charge in [-0.2, -0.15) is 15.1 Å². The summed E-state index contributed by atoms with van der Waals surface area (Å²) < 4.78 is 10.00. The van der Waals surface area contributed by atoms with Crippen LogP contribution in [0.5, 0.6) is 0 Å². The van der Waals surface area contributed by atoms with Gasteiger partial charge in [0.1, 0.15) is 5.69 Å². The molecule has 12 nitrogen and oxygen atoms in total. The van der Waals surface area contributed by atoms with E-state index >= 15 is 0 Å². The molecule has 5 rings (SSSR count). The molecule has 3 amide bonds. The molecule has 42 heavy (non-hydrogen) atoms. The molecule has 0 radical (unpaired) electrons. The number of halogens is 1. The van der Waals surface area contributed by atoms with Gasteiger partial charge in [-0.05, 0) is 66.2 Å². The Kier molecular flexibility index (Phi) is 7.94. The van der Waals surface area contributed by atoms with Crippen molar-refractivity contribution < 1.29 is 14.4 Å². The number of benzene rings is 2. The van der Waals surface area contributed by atoms with Gasteiger partial charge in [0, 0.05) is 43.8 Å². The van der Waals surface area contributed by atoms with E-state index < -0.39 is 5.91 Å². The molecule has 0 bridgehead atoms. The second-order valence-electron chi connectivity index (χ2n) is 9.72. The minimum atomic E-state index is -0.536. The van der Waals surface area contributed by atoms with Crippen LogP contribution in [0.3, 0.4) is 0 Å². The second kappa shape index (κ2) is 11.6. The zero-order valence-corrected chi connectivity index (χ0v) is 25.2. The summed E-state index contributed by atoms with van der Waals surface area (Å²) in [5, 5.41) is 4.39. The molecule has 3 heterocycles. The van der Waals surface area contributed by atoms with Gasteiger partial charge < -0.3 is 24.0 Å². The summed E-state index contributed by atoms with van der Waals surface area (Å²) >= 11 is 3.67. The Bertz CT molecular complexity index is 2050. The minimum Gasteiger partial charge on any atom is -0.366 e. The highest BCUT2D eigenvalue weighted by atomic mass is 79.9. The monoisotopic (exact) mass is 631 g/mol. The Morgan fingerprint density at radius 1 is 0.976 bits per heavy atom. The molecule has 2 N–H and O–H groups in total. The number of nitrogens with zero attached hydrogens (tertiary/aromatic N) is 8. The third kappa shape index (κ3) is 5.07. The molecule has 0 aliphatic carbocycles. The summed E-state index contributed by atoms with van der Waals surface area (Å²) in [7, 11) is 3.65. The van der Waals surface area contributed by atoms with Crippen molar-refractivity contribution in [1.29, 1.82) is 0 Å². The fourth-order valence-electron chi connectivity index (χ4n) is 5.16. The van der Waals surface area contributed by atoms with E-state index in [-0.39, 0.29) is 5.91 Å². The van der Waals surface area contributed by atoms with E-state index in [9.17, 15) is 14.4 Å². The van der Waals surface area contributed by atoms with Crippen molar-refractivity contribution in [1.82, 2.24) is 28.0 Å². The lowest BCUT2D eigenvalue weighted by molar-refractivity contribution is -0.107. The number of fused-ring (bicyclic) bond motifs is 2. The van der Waals surface area contributed by atoms with Gasteiger partial charge in [-0.1, -0.05) is 18.2 Å².